The molecule has 2 amide bonds. The van der Waals surface area contributed by atoms with Crippen molar-refractivity contribution in [2.75, 3.05) is 11.9 Å². The summed E-state index contributed by atoms with van der Waals surface area (Å²) in [6, 6.07) is 6.62. The predicted molar refractivity (Wildman–Crippen MR) is 74.0 cm³/mol. The Kier molecular flexibility index (Phi) is 5.44. The first-order valence-corrected chi connectivity index (χ1v) is 6.40. The molecule has 0 aliphatic rings. The first kappa shape index (κ1) is 14.8. The highest BCUT2D eigenvalue weighted by molar-refractivity contribution is 6.33. The number of anilines is 1. The molecule has 3 N–H and O–H groups in total. The van der Waals surface area contributed by atoms with Gasteiger partial charge < -0.3 is 15.7 Å². The quantitative estimate of drug-likeness (QED) is 0.770. The molecule has 0 saturated heterocycles. The summed E-state index contributed by atoms with van der Waals surface area (Å²) >= 11 is 5.92. The molecule has 18 heavy (non-hydrogen) atoms. The fourth-order valence-corrected chi connectivity index (χ4v) is 1.66. The minimum absolute atomic E-state index is 0.219. The normalized spacial score (nSPS) is 11.1. The molecule has 1 aromatic rings. The Bertz CT molecular complexity index is 406. The van der Waals surface area contributed by atoms with E-state index in [0.717, 1.165) is 0 Å². The molecule has 0 aromatic heterocycles. The largest absolute Gasteiger partial charge is 0.388 e. The fourth-order valence-electron chi connectivity index (χ4n) is 1.47. The van der Waals surface area contributed by atoms with Crippen molar-refractivity contribution in [1.82, 2.24) is 5.32 Å². The summed E-state index contributed by atoms with van der Waals surface area (Å²) in [6.07, 6.45) is 1.19. The number of carbonyl (C=O) groups excluding carboxylic acids is 1. The van der Waals surface area contributed by atoms with E-state index in [4.69, 9.17) is 11.6 Å². The van der Waals surface area contributed by atoms with Crippen LogP contribution in [-0.4, -0.2) is 23.3 Å². The molecule has 0 unspecified atom stereocenters. The van der Waals surface area contributed by atoms with Crippen LogP contribution in [-0.2, 0) is 0 Å². The molecule has 0 heterocycles. The SMILES string of the molecule is CCC(O)(CC)CNC(=O)Nc1ccccc1Cl. The number of carbonyl (C=O) groups is 1. The fraction of sp³-hybridized carbons (Fsp3) is 0.462. The zero-order valence-corrected chi connectivity index (χ0v) is 11.4. The van der Waals surface area contributed by atoms with Crippen LogP contribution in [0.25, 0.3) is 0 Å². The molecule has 0 fully saturated rings. The minimum Gasteiger partial charge on any atom is -0.388 e. The van der Waals surface area contributed by atoms with E-state index in [1.165, 1.54) is 0 Å². The molecule has 0 saturated carbocycles. The van der Waals surface area contributed by atoms with E-state index in [0.29, 0.717) is 23.6 Å². The maximum atomic E-state index is 11.7. The molecular weight excluding hydrogens is 252 g/mol. The first-order valence-electron chi connectivity index (χ1n) is 6.02. The smallest absolute Gasteiger partial charge is 0.319 e. The van der Waals surface area contributed by atoms with E-state index in [9.17, 15) is 9.90 Å². The average Bonchev–Trinajstić information content (AvgIpc) is 2.39. The number of halogens is 1. The Hall–Kier alpha value is -1.26. The standard InChI is InChI=1S/C13H19ClN2O2/c1-3-13(18,4-2)9-15-12(17)16-11-8-6-5-7-10(11)14/h5-8,18H,3-4,9H2,1-2H3,(H2,15,16,17). The van der Waals surface area contributed by atoms with Crippen LogP contribution < -0.4 is 10.6 Å². The lowest BCUT2D eigenvalue weighted by molar-refractivity contribution is 0.0354. The van der Waals surface area contributed by atoms with Gasteiger partial charge in [0.05, 0.1) is 16.3 Å². The van der Waals surface area contributed by atoms with Crippen LogP contribution >= 0.6 is 11.6 Å². The number of para-hydroxylation sites is 1. The van der Waals surface area contributed by atoms with Crippen LogP contribution in [0.3, 0.4) is 0 Å². The molecule has 1 rings (SSSR count). The summed E-state index contributed by atoms with van der Waals surface area (Å²) in [5.41, 5.74) is -0.300. The summed E-state index contributed by atoms with van der Waals surface area (Å²) < 4.78 is 0. The molecule has 0 bridgehead atoms. The lowest BCUT2D eigenvalue weighted by atomic mass is 9.98. The minimum atomic E-state index is -0.849. The van der Waals surface area contributed by atoms with Gasteiger partial charge in [0.1, 0.15) is 0 Å². The monoisotopic (exact) mass is 270 g/mol. The number of hydrogen-bond acceptors (Lipinski definition) is 2. The molecule has 0 aliphatic heterocycles. The number of hydrogen-bond donors (Lipinski definition) is 3. The molecule has 0 atom stereocenters. The van der Waals surface area contributed by atoms with Gasteiger partial charge in [0.2, 0.25) is 0 Å². The van der Waals surface area contributed by atoms with E-state index in [-0.39, 0.29) is 12.6 Å². The maximum Gasteiger partial charge on any atom is 0.319 e. The highest BCUT2D eigenvalue weighted by atomic mass is 35.5. The summed E-state index contributed by atoms with van der Waals surface area (Å²) in [5.74, 6) is 0. The summed E-state index contributed by atoms with van der Waals surface area (Å²) in [5, 5.41) is 15.8. The van der Waals surface area contributed by atoms with Gasteiger partial charge in [-0.3, -0.25) is 0 Å². The van der Waals surface area contributed by atoms with Crippen molar-refractivity contribution in [3.05, 3.63) is 29.3 Å². The van der Waals surface area contributed by atoms with Gasteiger partial charge in [0.15, 0.2) is 0 Å². The summed E-state index contributed by atoms with van der Waals surface area (Å²) in [4.78, 5) is 11.7. The third-order valence-electron chi connectivity index (χ3n) is 3.02. The van der Waals surface area contributed by atoms with E-state index in [1.54, 1.807) is 24.3 Å². The Labute approximate surface area is 112 Å². The molecule has 0 radical (unpaired) electrons. The number of benzene rings is 1. The highest BCUT2D eigenvalue weighted by Gasteiger charge is 2.22. The molecule has 100 valence electrons. The predicted octanol–water partition coefficient (Wildman–Crippen LogP) is 3.01. The topological polar surface area (TPSA) is 61.4 Å². The number of urea groups is 1. The molecule has 0 spiro atoms. The molecule has 5 heteroatoms. The maximum absolute atomic E-state index is 11.7. The van der Waals surface area contributed by atoms with Crippen molar-refractivity contribution in [2.24, 2.45) is 0 Å². The summed E-state index contributed by atoms with van der Waals surface area (Å²) in [6.45, 7) is 3.99. The molecule has 1 aromatic carbocycles. The van der Waals surface area contributed by atoms with Crippen molar-refractivity contribution < 1.29 is 9.90 Å². The second-order valence-corrected chi connectivity index (χ2v) is 4.63. The third kappa shape index (κ3) is 4.20. The Morgan fingerprint density at radius 1 is 1.33 bits per heavy atom. The lowest BCUT2D eigenvalue weighted by Crippen LogP contribution is -2.43. The average molecular weight is 271 g/mol. The van der Waals surface area contributed by atoms with Crippen molar-refractivity contribution in [1.29, 1.82) is 0 Å². The number of rotatable bonds is 5. The number of amides is 2. The zero-order valence-electron chi connectivity index (χ0n) is 10.7. The second kappa shape index (κ2) is 6.61. The molecule has 0 aliphatic carbocycles. The molecule has 4 nitrogen and oxygen atoms in total. The van der Waals surface area contributed by atoms with Gasteiger partial charge in [-0.2, -0.15) is 0 Å². The molecular formula is C13H19ClN2O2. The van der Waals surface area contributed by atoms with Crippen LogP contribution in [0.5, 0.6) is 0 Å². The Morgan fingerprint density at radius 2 is 1.94 bits per heavy atom. The Balaban J connectivity index is 2.50. The van der Waals surface area contributed by atoms with Crippen LogP contribution in [0, 0.1) is 0 Å². The van der Waals surface area contributed by atoms with Crippen LogP contribution in [0.4, 0.5) is 10.5 Å². The van der Waals surface area contributed by atoms with E-state index in [2.05, 4.69) is 10.6 Å². The van der Waals surface area contributed by atoms with Gasteiger partial charge in [-0.1, -0.05) is 37.6 Å². The van der Waals surface area contributed by atoms with Crippen molar-refractivity contribution in [3.8, 4) is 0 Å². The van der Waals surface area contributed by atoms with Crippen LogP contribution in [0.2, 0.25) is 5.02 Å². The van der Waals surface area contributed by atoms with Crippen LogP contribution in [0.15, 0.2) is 24.3 Å². The van der Waals surface area contributed by atoms with Gasteiger partial charge in [-0.25, -0.2) is 4.79 Å². The van der Waals surface area contributed by atoms with Gasteiger partial charge in [-0.05, 0) is 25.0 Å². The first-order chi connectivity index (χ1) is 8.50. The Morgan fingerprint density at radius 3 is 2.50 bits per heavy atom. The summed E-state index contributed by atoms with van der Waals surface area (Å²) in [7, 11) is 0. The van der Waals surface area contributed by atoms with Crippen LogP contribution in [0.1, 0.15) is 26.7 Å². The van der Waals surface area contributed by atoms with Gasteiger partial charge in [-0.15, -0.1) is 0 Å². The van der Waals surface area contributed by atoms with E-state index >= 15 is 0 Å². The zero-order chi connectivity index (χ0) is 13.6. The van der Waals surface area contributed by atoms with Gasteiger partial charge in [0.25, 0.3) is 0 Å². The number of aliphatic hydroxyl groups is 1. The second-order valence-electron chi connectivity index (χ2n) is 4.22. The third-order valence-corrected chi connectivity index (χ3v) is 3.35. The highest BCUT2D eigenvalue weighted by Crippen LogP contribution is 2.20. The van der Waals surface area contributed by atoms with Crippen molar-refractivity contribution in [3.63, 3.8) is 0 Å². The lowest BCUT2D eigenvalue weighted by Gasteiger charge is -2.25. The van der Waals surface area contributed by atoms with E-state index < -0.39 is 5.60 Å². The number of nitrogens with one attached hydrogen (secondary N) is 2. The van der Waals surface area contributed by atoms with Gasteiger partial charge in [0, 0.05) is 6.54 Å². The van der Waals surface area contributed by atoms with Crippen molar-refractivity contribution in [2.45, 2.75) is 32.3 Å². The van der Waals surface area contributed by atoms with E-state index in [1.807, 2.05) is 13.8 Å². The van der Waals surface area contributed by atoms with Crippen molar-refractivity contribution >= 4 is 23.3 Å². The van der Waals surface area contributed by atoms with Gasteiger partial charge >= 0.3 is 6.03 Å².